The number of carbonyl (C=O) groups excluding carboxylic acids is 1. The van der Waals surface area contributed by atoms with E-state index in [2.05, 4.69) is 9.71 Å². The average molecular weight is 470 g/mol. The fourth-order valence-corrected chi connectivity index (χ4v) is 5.35. The van der Waals surface area contributed by atoms with Crippen LogP contribution in [0.15, 0.2) is 58.9 Å². The molecule has 164 valence electrons. The van der Waals surface area contributed by atoms with E-state index in [4.69, 9.17) is 9.47 Å². The van der Waals surface area contributed by atoms with Crippen molar-refractivity contribution < 1.29 is 22.7 Å². The number of anilines is 1. The highest BCUT2D eigenvalue weighted by atomic mass is 32.2. The molecule has 4 aromatic rings. The van der Waals surface area contributed by atoms with Gasteiger partial charge in [0.2, 0.25) is 5.78 Å². The number of thiazole rings is 1. The summed E-state index contributed by atoms with van der Waals surface area (Å²) in [7, 11) is -3.85. The minimum absolute atomic E-state index is 0.0663. The number of rotatable bonds is 5. The number of imidazole rings is 1. The molecule has 5 rings (SSSR count). The second-order valence-electron chi connectivity index (χ2n) is 7.27. The third-order valence-electron chi connectivity index (χ3n) is 5.08. The fourth-order valence-electron chi connectivity index (χ4n) is 3.52. The number of aryl methyl sites for hydroxylation is 1. The molecule has 0 saturated heterocycles. The lowest BCUT2D eigenvalue weighted by Gasteiger charge is -2.12. The van der Waals surface area contributed by atoms with Crippen LogP contribution in [0.1, 0.15) is 28.2 Å². The Balaban J connectivity index is 1.37. The second-order valence-corrected chi connectivity index (χ2v) is 9.83. The van der Waals surface area contributed by atoms with Gasteiger partial charge in [0.25, 0.3) is 10.0 Å². The van der Waals surface area contributed by atoms with Gasteiger partial charge in [-0.1, -0.05) is 0 Å². The van der Waals surface area contributed by atoms with Gasteiger partial charge in [0, 0.05) is 35.3 Å². The van der Waals surface area contributed by atoms with Gasteiger partial charge in [-0.05, 0) is 43.3 Å². The van der Waals surface area contributed by atoms with Gasteiger partial charge in [-0.25, -0.2) is 13.4 Å². The second kappa shape index (κ2) is 7.95. The number of ether oxygens (including phenoxy) is 2. The zero-order chi connectivity index (χ0) is 22.3. The summed E-state index contributed by atoms with van der Waals surface area (Å²) in [6, 6.07) is 10.8. The van der Waals surface area contributed by atoms with Crippen molar-refractivity contribution in [3.8, 4) is 11.5 Å². The predicted molar refractivity (Wildman–Crippen MR) is 121 cm³/mol. The molecule has 0 saturated carbocycles. The van der Waals surface area contributed by atoms with Gasteiger partial charge in [0.15, 0.2) is 16.5 Å². The Morgan fingerprint density at radius 2 is 1.84 bits per heavy atom. The molecule has 8 nitrogen and oxygen atoms in total. The van der Waals surface area contributed by atoms with Crippen LogP contribution >= 0.6 is 11.3 Å². The normalized spacial score (nSPS) is 13.7. The number of nitrogens with one attached hydrogen (secondary N) is 1. The molecule has 0 fully saturated rings. The maximum Gasteiger partial charge on any atom is 0.262 e. The minimum Gasteiger partial charge on any atom is -0.490 e. The maximum atomic E-state index is 13.0. The van der Waals surface area contributed by atoms with Crippen LogP contribution in [0.25, 0.3) is 4.96 Å². The lowest BCUT2D eigenvalue weighted by molar-refractivity contribution is 0.103. The van der Waals surface area contributed by atoms with Gasteiger partial charge in [-0.3, -0.25) is 13.9 Å². The Bertz CT molecular complexity index is 1420. The monoisotopic (exact) mass is 469 g/mol. The van der Waals surface area contributed by atoms with E-state index in [0.29, 0.717) is 47.4 Å². The van der Waals surface area contributed by atoms with Crippen molar-refractivity contribution in [2.75, 3.05) is 17.9 Å². The highest BCUT2D eigenvalue weighted by Gasteiger charge is 2.21. The lowest BCUT2D eigenvalue weighted by Crippen LogP contribution is -2.13. The van der Waals surface area contributed by atoms with Crippen LogP contribution in [0.4, 0.5) is 5.69 Å². The Labute approximate surface area is 188 Å². The van der Waals surface area contributed by atoms with Crippen molar-refractivity contribution in [1.82, 2.24) is 9.38 Å². The van der Waals surface area contributed by atoms with E-state index in [0.717, 1.165) is 11.4 Å². The van der Waals surface area contributed by atoms with Gasteiger partial charge >= 0.3 is 0 Å². The van der Waals surface area contributed by atoms with E-state index < -0.39 is 10.0 Å². The number of benzene rings is 2. The van der Waals surface area contributed by atoms with Crippen molar-refractivity contribution in [2.24, 2.45) is 0 Å². The van der Waals surface area contributed by atoms with Crippen LogP contribution in [-0.4, -0.2) is 36.8 Å². The number of ketones is 1. The summed E-state index contributed by atoms with van der Waals surface area (Å²) >= 11 is 1.46. The number of sulfonamides is 1. The molecular weight excluding hydrogens is 450 g/mol. The standard InChI is InChI=1S/C22H19N3O5S2/c1-14-20(25-9-12-31-22(25)23-14)21(26)15-3-5-16(6-4-15)24-32(27,28)17-7-8-18-19(13-17)30-11-2-10-29-18/h3-9,12-13,24H,2,10-11H2,1H3. The van der Waals surface area contributed by atoms with E-state index in [1.54, 1.807) is 41.7 Å². The lowest BCUT2D eigenvalue weighted by atomic mass is 10.1. The van der Waals surface area contributed by atoms with E-state index in [9.17, 15) is 13.2 Å². The summed E-state index contributed by atoms with van der Waals surface area (Å²) in [4.78, 5) is 18.2. The van der Waals surface area contributed by atoms with Crippen LogP contribution in [0.3, 0.4) is 0 Å². The average Bonchev–Trinajstić information content (AvgIpc) is 3.24. The minimum atomic E-state index is -3.85. The number of nitrogens with zero attached hydrogens (tertiary/aromatic N) is 2. The molecule has 1 aliphatic rings. The number of hydrogen-bond donors (Lipinski definition) is 1. The van der Waals surface area contributed by atoms with Crippen molar-refractivity contribution >= 4 is 37.8 Å². The first-order chi connectivity index (χ1) is 15.4. The molecule has 0 unspecified atom stereocenters. The molecule has 0 amide bonds. The van der Waals surface area contributed by atoms with Crippen LogP contribution in [-0.2, 0) is 10.0 Å². The third-order valence-corrected chi connectivity index (χ3v) is 7.22. The zero-order valence-corrected chi connectivity index (χ0v) is 18.7. The summed E-state index contributed by atoms with van der Waals surface area (Å²) in [5.41, 5.74) is 1.95. The van der Waals surface area contributed by atoms with E-state index in [-0.39, 0.29) is 10.7 Å². The molecule has 0 spiro atoms. The van der Waals surface area contributed by atoms with Crippen molar-refractivity contribution in [3.63, 3.8) is 0 Å². The summed E-state index contributed by atoms with van der Waals surface area (Å²) in [6.45, 7) is 2.79. The number of carbonyl (C=O) groups is 1. The molecule has 0 aliphatic carbocycles. The molecule has 32 heavy (non-hydrogen) atoms. The Hall–Kier alpha value is -3.37. The number of fused-ring (bicyclic) bond motifs is 2. The quantitative estimate of drug-likeness (QED) is 0.445. The Morgan fingerprint density at radius 1 is 1.09 bits per heavy atom. The van der Waals surface area contributed by atoms with Gasteiger partial charge in [0.1, 0.15) is 5.69 Å². The summed E-state index contributed by atoms with van der Waals surface area (Å²) in [6.07, 6.45) is 2.54. The molecule has 10 heteroatoms. The van der Waals surface area contributed by atoms with Gasteiger partial charge in [-0.2, -0.15) is 0 Å². The Kier molecular flexibility index (Phi) is 5.10. The molecule has 2 aromatic heterocycles. The molecule has 0 bridgehead atoms. The number of aromatic nitrogens is 2. The third kappa shape index (κ3) is 3.71. The predicted octanol–water partition coefficient (Wildman–Crippen LogP) is 3.90. The van der Waals surface area contributed by atoms with Crippen LogP contribution in [0, 0.1) is 6.92 Å². The number of hydrogen-bond acceptors (Lipinski definition) is 7. The molecule has 0 radical (unpaired) electrons. The molecular formula is C22H19N3O5S2. The molecule has 2 aromatic carbocycles. The largest absolute Gasteiger partial charge is 0.490 e. The van der Waals surface area contributed by atoms with Crippen molar-refractivity contribution in [2.45, 2.75) is 18.2 Å². The topological polar surface area (TPSA) is 99.0 Å². The molecule has 0 atom stereocenters. The molecule has 3 heterocycles. The maximum absolute atomic E-state index is 13.0. The summed E-state index contributed by atoms with van der Waals surface area (Å²) in [5, 5.41) is 1.87. The van der Waals surface area contributed by atoms with Crippen LogP contribution in [0.2, 0.25) is 0 Å². The SMILES string of the molecule is Cc1nc2sccn2c1C(=O)c1ccc(NS(=O)(=O)c2ccc3c(c2)OCCCO3)cc1. The van der Waals surface area contributed by atoms with E-state index in [1.165, 1.54) is 23.5 Å². The molecule has 1 N–H and O–H groups in total. The first-order valence-electron chi connectivity index (χ1n) is 9.92. The first kappa shape index (κ1) is 20.5. The molecule has 1 aliphatic heterocycles. The Morgan fingerprint density at radius 3 is 2.62 bits per heavy atom. The van der Waals surface area contributed by atoms with E-state index >= 15 is 0 Å². The van der Waals surface area contributed by atoms with Gasteiger partial charge in [0.05, 0.1) is 23.8 Å². The van der Waals surface area contributed by atoms with Crippen LogP contribution < -0.4 is 14.2 Å². The van der Waals surface area contributed by atoms with Crippen LogP contribution in [0.5, 0.6) is 11.5 Å². The summed E-state index contributed by atoms with van der Waals surface area (Å²) in [5.74, 6) is 0.757. The summed E-state index contributed by atoms with van der Waals surface area (Å²) < 4.78 is 41.2. The highest BCUT2D eigenvalue weighted by Crippen LogP contribution is 2.32. The zero-order valence-electron chi connectivity index (χ0n) is 17.1. The van der Waals surface area contributed by atoms with E-state index in [1.807, 2.05) is 11.6 Å². The van der Waals surface area contributed by atoms with Crippen molar-refractivity contribution in [1.29, 1.82) is 0 Å². The van der Waals surface area contributed by atoms with Crippen molar-refractivity contribution in [3.05, 3.63) is 71.0 Å². The van der Waals surface area contributed by atoms with Gasteiger partial charge in [-0.15, -0.1) is 11.3 Å². The first-order valence-corrected chi connectivity index (χ1v) is 12.3. The fraction of sp³-hybridized carbons (Fsp3) is 0.182. The highest BCUT2D eigenvalue weighted by molar-refractivity contribution is 7.92. The smallest absolute Gasteiger partial charge is 0.262 e. The van der Waals surface area contributed by atoms with Gasteiger partial charge < -0.3 is 9.47 Å².